The average Bonchev–Trinajstić information content (AvgIpc) is 2.40. The standard InChI is InChI=1S/C13H20N2O3S/c1-11(2)19(16,17)15-9-3-4-13(10-15)18-12-5-7-14-8-6-12/h5-8,11,13H,3-4,9-10H2,1-2H3. The summed E-state index contributed by atoms with van der Waals surface area (Å²) in [6.45, 7) is 4.45. The summed E-state index contributed by atoms with van der Waals surface area (Å²) in [6, 6.07) is 3.58. The Labute approximate surface area is 114 Å². The minimum absolute atomic E-state index is 0.0790. The van der Waals surface area contributed by atoms with Gasteiger partial charge in [-0.3, -0.25) is 4.98 Å². The van der Waals surface area contributed by atoms with Crippen molar-refractivity contribution in [2.45, 2.75) is 38.0 Å². The van der Waals surface area contributed by atoms with E-state index in [2.05, 4.69) is 4.98 Å². The SMILES string of the molecule is CC(C)S(=O)(=O)N1CCCC(Oc2ccncc2)C1. The lowest BCUT2D eigenvalue weighted by Gasteiger charge is -2.33. The molecule has 0 aliphatic carbocycles. The van der Waals surface area contributed by atoms with Crippen molar-refractivity contribution in [3.05, 3.63) is 24.5 Å². The minimum atomic E-state index is -3.18. The van der Waals surface area contributed by atoms with Crippen LogP contribution in [0.3, 0.4) is 0 Å². The molecule has 0 radical (unpaired) electrons. The van der Waals surface area contributed by atoms with Gasteiger partial charge >= 0.3 is 0 Å². The van der Waals surface area contributed by atoms with Gasteiger partial charge < -0.3 is 4.74 Å². The summed E-state index contributed by atoms with van der Waals surface area (Å²) in [6.07, 6.45) is 4.97. The van der Waals surface area contributed by atoms with Crippen LogP contribution in [0.4, 0.5) is 0 Å². The van der Waals surface area contributed by atoms with Crippen molar-refractivity contribution >= 4 is 10.0 Å². The largest absolute Gasteiger partial charge is 0.489 e. The maximum Gasteiger partial charge on any atom is 0.216 e. The number of piperidine rings is 1. The summed E-state index contributed by atoms with van der Waals surface area (Å²) >= 11 is 0. The lowest BCUT2D eigenvalue weighted by atomic mass is 10.1. The Morgan fingerprint density at radius 1 is 1.37 bits per heavy atom. The van der Waals surface area contributed by atoms with Gasteiger partial charge in [-0.25, -0.2) is 8.42 Å². The zero-order valence-corrected chi connectivity index (χ0v) is 12.1. The summed E-state index contributed by atoms with van der Waals surface area (Å²) in [5, 5.41) is -0.382. The number of nitrogens with zero attached hydrogens (tertiary/aromatic N) is 2. The third-order valence-electron chi connectivity index (χ3n) is 3.25. The summed E-state index contributed by atoms with van der Waals surface area (Å²) in [5.41, 5.74) is 0. The number of hydrogen-bond donors (Lipinski definition) is 0. The van der Waals surface area contributed by atoms with Gasteiger partial charge in [0, 0.05) is 18.9 Å². The highest BCUT2D eigenvalue weighted by Gasteiger charge is 2.31. The molecule has 1 aromatic heterocycles. The van der Waals surface area contributed by atoms with Crippen LogP contribution in [0.15, 0.2) is 24.5 Å². The van der Waals surface area contributed by atoms with Crippen LogP contribution < -0.4 is 4.74 Å². The van der Waals surface area contributed by atoms with E-state index in [9.17, 15) is 8.42 Å². The molecule has 0 N–H and O–H groups in total. The molecule has 0 spiro atoms. The smallest absolute Gasteiger partial charge is 0.216 e. The number of pyridine rings is 1. The second kappa shape index (κ2) is 5.88. The van der Waals surface area contributed by atoms with Gasteiger partial charge in [0.2, 0.25) is 10.0 Å². The molecule has 0 amide bonds. The Balaban J connectivity index is 2.02. The number of ether oxygens (including phenoxy) is 1. The van der Waals surface area contributed by atoms with Gasteiger partial charge in [-0.1, -0.05) is 0 Å². The third kappa shape index (κ3) is 3.45. The summed E-state index contributed by atoms with van der Waals surface area (Å²) in [7, 11) is -3.18. The van der Waals surface area contributed by atoms with E-state index in [1.165, 1.54) is 0 Å². The van der Waals surface area contributed by atoms with Gasteiger partial charge in [-0.15, -0.1) is 0 Å². The molecule has 1 fully saturated rings. The number of hydrogen-bond acceptors (Lipinski definition) is 4. The second-order valence-electron chi connectivity index (χ2n) is 5.02. The highest BCUT2D eigenvalue weighted by atomic mass is 32.2. The van der Waals surface area contributed by atoms with Crippen molar-refractivity contribution in [2.24, 2.45) is 0 Å². The Morgan fingerprint density at radius 2 is 2.05 bits per heavy atom. The molecule has 1 atom stereocenters. The predicted molar refractivity (Wildman–Crippen MR) is 73.5 cm³/mol. The van der Waals surface area contributed by atoms with E-state index >= 15 is 0 Å². The van der Waals surface area contributed by atoms with Crippen LogP contribution in [0.25, 0.3) is 0 Å². The van der Waals surface area contributed by atoms with Crippen molar-refractivity contribution in [3.63, 3.8) is 0 Å². The average molecular weight is 284 g/mol. The van der Waals surface area contributed by atoms with Crippen LogP contribution >= 0.6 is 0 Å². The molecule has 0 bridgehead atoms. The topological polar surface area (TPSA) is 59.5 Å². The maximum absolute atomic E-state index is 12.1. The zero-order chi connectivity index (χ0) is 13.9. The molecular formula is C13H20N2O3S. The van der Waals surface area contributed by atoms with E-state index in [0.717, 1.165) is 18.6 Å². The van der Waals surface area contributed by atoms with E-state index in [-0.39, 0.29) is 11.4 Å². The van der Waals surface area contributed by atoms with Crippen molar-refractivity contribution in [1.29, 1.82) is 0 Å². The normalized spacial score (nSPS) is 21.5. The van der Waals surface area contributed by atoms with Crippen LogP contribution in [0.1, 0.15) is 26.7 Å². The van der Waals surface area contributed by atoms with Gasteiger partial charge in [0.1, 0.15) is 11.9 Å². The fraction of sp³-hybridized carbons (Fsp3) is 0.615. The zero-order valence-electron chi connectivity index (χ0n) is 11.3. The van der Waals surface area contributed by atoms with Gasteiger partial charge in [-0.2, -0.15) is 4.31 Å². The number of rotatable bonds is 4. The van der Waals surface area contributed by atoms with Gasteiger partial charge in [0.15, 0.2) is 0 Å². The molecule has 1 saturated heterocycles. The number of aromatic nitrogens is 1. The van der Waals surface area contributed by atoms with Crippen LogP contribution in [-0.2, 0) is 10.0 Å². The fourth-order valence-corrected chi connectivity index (χ4v) is 3.49. The Morgan fingerprint density at radius 3 is 2.68 bits per heavy atom. The van der Waals surface area contributed by atoms with Crippen LogP contribution in [0.5, 0.6) is 5.75 Å². The van der Waals surface area contributed by atoms with Crippen LogP contribution in [0.2, 0.25) is 0 Å². The molecule has 2 heterocycles. The Kier molecular flexibility index (Phi) is 4.42. The molecule has 1 aliphatic rings. The van der Waals surface area contributed by atoms with Gasteiger partial charge in [-0.05, 0) is 38.8 Å². The maximum atomic E-state index is 12.1. The van der Waals surface area contributed by atoms with E-state index < -0.39 is 10.0 Å². The van der Waals surface area contributed by atoms with Crippen LogP contribution in [0, 0.1) is 0 Å². The van der Waals surface area contributed by atoms with Crippen molar-refractivity contribution in [1.82, 2.24) is 9.29 Å². The molecule has 19 heavy (non-hydrogen) atoms. The molecule has 2 rings (SSSR count). The van der Waals surface area contributed by atoms with Gasteiger partial charge in [0.25, 0.3) is 0 Å². The highest BCUT2D eigenvalue weighted by Crippen LogP contribution is 2.21. The van der Waals surface area contributed by atoms with E-state index in [1.54, 1.807) is 42.7 Å². The quantitative estimate of drug-likeness (QED) is 0.843. The molecule has 1 aliphatic heterocycles. The molecule has 6 heteroatoms. The minimum Gasteiger partial charge on any atom is -0.489 e. The molecule has 0 saturated carbocycles. The van der Waals surface area contributed by atoms with Crippen molar-refractivity contribution in [3.8, 4) is 5.75 Å². The van der Waals surface area contributed by atoms with Crippen LogP contribution in [-0.4, -0.2) is 42.2 Å². The Hall–Kier alpha value is -1.14. The predicted octanol–water partition coefficient (Wildman–Crippen LogP) is 1.66. The monoisotopic (exact) mass is 284 g/mol. The first-order valence-electron chi connectivity index (χ1n) is 6.56. The first-order valence-corrected chi connectivity index (χ1v) is 8.06. The third-order valence-corrected chi connectivity index (χ3v) is 5.49. The van der Waals surface area contributed by atoms with E-state index in [0.29, 0.717) is 13.1 Å². The van der Waals surface area contributed by atoms with Crippen molar-refractivity contribution < 1.29 is 13.2 Å². The molecule has 1 unspecified atom stereocenters. The summed E-state index contributed by atoms with van der Waals surface area (Å²) in [4.78, 5) is 3.93. The number of sulfonamides is 1. The Bertz CT molecular complexity index is 502. The van der Waals surface area contributed by atoms with Crippen molar-refractivity contribution in [2.75, 3.05) is 13.1 Å². The highest BCUT2D eigenvalue weighted by molar-refractivity contribution is 7.89. The first-order chi connectivity index (χ1) is 9.00. The van der Waals surface area contributed by atoms with Gasteiger partial charge in [0.05, 0.1) is 11.8 Å². The van der Waals surface area contributed by atoms with E-state index in [4.69, 9.17) is 4.74 Å². The fourth-order valence-electron chi connectivity index (χ4n) is 2.14. The summed E-state index contributed by atoms with van der Waals surface area (Å²) < 4.78 is 31.7. The molecule has 106 valence electrons. The molecule has 5 nitrogen and oxygen atoms in total. The second-order valence-corrected chi connectivity index (χ2v) is 7.51. The first kappa shape index (κ1) is 14.3. The summed E-state index contributed by atoms with van der Waals surface area (Å²) in [5.74, 6) is 0.740. The molecule has 0 aromatic carbocycles. The lowest BCUT2D eigenvalue weighted by Crippen LogP contribution is -2.46. The molecule has 1 aromatic rings. The lowest BCUT2D eigenvalue weighted by molar-refractivity contribution is 0.129. The molecular weight excluding hydrogens is 264 g/mol. The van der Waals surface area contributed by atoms with E-state index in [1.807, 2.05) is 0 Å².